The number of nitrogens with one attached hydrogen (secondary N) is 1. The zero-order valence-electron chi connectivity index (χ0n) is 14.4. The summed E-state index contributed by atoms with van der Waals surface area (Å²) in [6, 6.07) is 10.7. The molecule has 0 aromatic heterocycles. The Morgan fingerprint density at radius 3 is 2.52 bits per heavy atom. The molecule has 1 aliphatic rings. The molecule has 0 unspecified atom stereocenters. The van der Waals surface area contributed by atoms with Gasteiger partial charge < -0.3 is 15.1 Å². The van der Waals surface area contributed by atoms with E-state index in [1.54, 1.807) is 34.1 Å². The van der Waals surface area contributed by atoms with Crippen LogP contribution in [0, 0.1) is 5.82 Å². The second kappa shape index (κ2) is 8.71. The van der Waals surface area contributed by atoms with Crippen LogP contribution in [-0.4, -0.2) is 47.9 Å². The molecule has 0 bridgehead atoms. The number of nitrogens with zero attached hydrogens (tertiary/aromatic N) is 2. The maximum atomic E-state index is 13.2. The topological polar surface area (TPSA) is 52.7 Å². The molecular weight excluding hydrogens is 437 g/mol. The zero-order valence-corrected chi connectivity index (χ0v) is 16.8. The first-order valence-corrected chi connectivity index (χ1v) is 9.67. The standard InChI is InChI=1S/C19H18BrClFN3O2/c20-17-12-14(22)5-6-16(17)18(26)24-7-2-8-25(10-9-24)19(27)23-15-4-1-3-13(21)11-15/h1,3-6,11-12H,2,7-10H2,(H,23,27). The van der Waals surface area contributed by atoms with Crippen molar-refractivity contribution in [2.45, 2.75) is 6.42 Å². The highest BCUT2D eigenvalue weighted by molar-refractivity contribution is 9.10. The molecule has 3 amide bonds. The Balaban J connectivity index is 1.63. The number of carbonyl (C=O) groups is 2. The lowest BCUT2D eigenvalue weighted by molar-refractivity contribution is 0.0761. The van der Waals surface area contributed by atoms with Crippen molar-refractivity contribution in [1.29, 1.82) is 0 Å². The van der Waals surface area contributed by atoms with Crippen molar-refractivity contribution in [3.8, 4) is 0 Å². The summed E-state index contributed by atoms with van der Waals surface area (Å²) >= 11 is 9.18. The summed E-state index contributed by atoms with van der Waals surface area (Å²) in [5.41, 5.74) is 1.04. The van der Waals surface area contributed by atoms with Crippen molar-refractivity contribution in [2.24, 2.45) is 0 Å². The van der Waals surface area contributed by atoms with Gasteiger partial charge in [-0.05, 0) is 58.7 Å². The molecule has 1 fully saturated rings. The lowest BCUT2D eigenvalue weighted by atomic mass is 10.2. The quantitative estimate of drug-likeness (QED) is 0.720. The number of amides is 3. The minimum absolute atomic E-state index is 0.182. The van der Waals surface area contributed by atoms with Crippen LogP contribution in [0.3, 0.4) is 0 Å². The first kappa shape index (κ1) is 19.6. The van der Waals surface area contributed by atoms with Gasteiger partial charge in [-0.25, -0.2) is 9.18 Å². The summed E-state index contributed by atoms with van der Waals surface area (Å²) in [5, 5.41) is 3.37. The minimum atomic E-state index is -0.404. The number of benzene rings is 2. The van der Waals surface area contributed by atoms with Crippen LogP contribution in [0.1, 0.15) is 16.8 Å². The van der Waals surface area contributed by atoms with Crippen molar-refractivity contribution in [3.63, 3.8) is 0 Å². The minimum Gasteiger partial charge on any atom is -0.337 e. The van der Waals surface area contributed by atoms with Gasteiger partial charge in [0.15, 0.2) is 0 Å². The lowest BCUT2D eigenvalue weighted by Gasteiger charge is -2.23. The molecule has 0 spiro atoms. The highest BCUT2D eigenvalue weighted by Gasteiger charge is 2.24. The van der Waals surface area contributed by atoms with E-state index in [0.717, 1.165) is 0 Å². The summed E-state index contributed by atoms with van der Waals surface area (Å²) in [5.74, 6) is -0.586. The lowest BCUT2D eigenvalue weighted by Crippen LogP contribution is -2.39. The highest BCUT2D eigenvalue weighted by Crippen LogP contribution is 2.21. The average Bonchev–Trinajstić information content (AvgIpc) is 2.87. The Morgan fingerprint density at radius 2 is 1.78 bits per heavy atom. The third-order valence-electron chi connectivity index (χ3n) is 4.31. The van der Waals surface area contributed by atoms with Crippen molar-refractivity contribution in [3.05, 3.63) is 63.3 Å². The second-order valence-electron chi connectivity index (χ2n) is 6.20. The van der Waals surface area contributed by atoms with Crippen LogP contribution < -0.4 is 5.32 Å². The van der Waals surface area contributed by atoms with Crippen LogP contribution >= 0.6 is 27.5 Å². The van der Waals surface area contributed by atoms with Crippen molar-refractivity contribution < 1.29 is 14.0 Å². The largest absolute Gasteiger partial charge is 0.337 e. The molecule has 0 aliphatic carbocycles. The van der Waals surface area contributed by atoms with Gasteiger partial charge in [0.2, 0.25) is 0 Å². The molecule has 2 aromatic carbocycles. The predicted molar refractivity (Wildman–Crippen MR) is 107 cm³/mol. The molecule has 3 rings (SSSR count). The van der Waals surface area contributed by atoms with Gasteiger partial charge in [-0.15, -0.1) is 0 Å². The molecular formula is C19H18BrClFN3O2. The normalized spacial score (nSPS) is 14.6. The molecule has 0 radical (unpaired) electrons. The van der Waals surface area contributed by atoms with Gasteiger partial charge in [-0.2, -0.15) is 0 Å². The van der Waals surface area contributed by atoms with E-state index in [9.17, 15) is 14.0 Å². The maximum absolute atomic E-state index is 13.2. The van der Waals surface area contributed by atoms with E-state index in [4.69, 9.17) is 11.6 Å². The van der Waals surface area contributed by atoms with Crippen LogP contribution in [0.2, 0.25) is 5.02 Å². The van der Waals surface area contributed by atoms with E-state index in [-0.39, 0.29) is 11.9 Å². The highest BCUT2D eigenvalue weighted by atomic mass is 79.9. The van der Waals surface area contributed by atoms with Gasteiger partial charge in [0.1, 0.15) is 5.82 Å². The Hall–Kier alpha value is -2.12. The molecule has 142 valence electrons. The van der Waals surface area contributed by atoms with E-state index in [2.05, 4.69) is 21.2 Å². The molecule has 0 atom stereocenters. The van der Waals surface area contributed by atoms with E-state index in [1.807, 2.05) is 0 Å². The van der Waals surface area contributed by atoms with Crippen LogP contribution in [0.4, 0.5) is 14.9 Å². The summed E-state index contributed by atoms with van der Waals surface area (Å²) in [7, 11) is 0. The molecule has 2 aromatic rings. The molecule has 8 heteroatoms. The maximum Gasteiger partial charge on any atom is 0.321 e. The number of rotatable bonds is 2. The second-order valence-corrected chi connectivity index (χ2v) is 7.49. The average molecular weight is 455 g/mol. The van der Waals surface area contributed by atoms with Crippen LogP contribution in [0.5, 0.6) is 0 Å². The molecule has 0 saturated carbocycles. The Morgan fingerprint density at radius 1 is 1.04 bits per heavy atom. The molecule has 27 heavy (non-hydrogen) atoms. The predicted octanol–water partition coefficient (Wildman–Crippen LogP) is 4.62. The van der Waals surface area contributed by atoms with Gasteiger partial charge in [0, 0.05) is 41.4 Å². The van der Waals surface area contributed by atoms with Gasteiger partial charge in [0.05, 0.1) is 5.56 Å². The third-order valence-corrected chi connectivity index (χ3v) is 5.20. The van der Waals surface area contributed by atoms with E-state index >= 15 is 0 Å². The Kier molecular flexibility index (Phi) is 6.34. The Bertz CT molecular complexity index is 865. The number of urea groups is 1. The molecule has 1 heterocycles. The van der Waals surface area contributed by atoms with E-state index in [1.165, 1.54) is 18.2 Å². The van der Waals surface area contributed by atoms with Crippen molar-refractivity contribution in [1.82, 2.24) is 9.80 Å². The number of hydrogen-bond acceptors (Lipinski definition) is 2. The van der Waals surface area contributed by atoms with Crippen LogP contribution in [0.15, 0.2) is 46.9 Å². The zero-order chi connectivity index (χ0) is 19.4. The van der Waals surface area contributed by atoms with Crippen LogP contribution in [-0.2, 0) is 0 Å². The SMILES string of the molecule is O=C(Nc1cccc(Cl)c1)N1CCCN(C(=O)c2ccc(F)cc2Br)CC1. The summed E-state index contributed by atoms with van der Waals surface area (Å²) in [6.45, 7) is 1.90. The summed E-state index contributed by atoms with van der Waals surface area (Å²) in [4.78, 5) is 28.6. The monoisotopic (exact) mass is 453 g/mol. The van der Waals surface area contributed by atoms with Crippen LogP contribution in [0.25, 0.3) is 0 Å². The molecule has 1 aliphatic heterocycles. The van der Waals surface area contributed by atoms with Gasteiger partial charge in [0.25, 0.3) is 5.91 Å². The third kappa shape index (κ3) is 4.99. The smallest absolute Gasteiger partial charge is 0.321 e. The molecule has 1 saturated heterocycles. The Labute approximate surface area is 170 Å². The number of anilines is 1. The fourth-order valence-electron chi connectivity index (χ4n) is 2.93. The first-order chi connectivity index (χ1) is 12.9. The fraction of sp³-hybridized carbons (Fsp3) is 0.263. The number of carbonyl (C=O) groups excluding carboxylic acids is 2. The van der Waals surface area contributed by atoms with Gasteiger partial charge in [-0.3, -0.25) is 4.79 Å². The van der Waals surface area contributed by atoms with Gasteiger partial charge in [-0.1, -0.05) is 17.7 Å². The molecule has 1 N–H and O–H groups in total. The first-order valence-electron chi connectivity index (χ1n) is 8.50. The van der Waals surface area contributed by atoms with Gasteiger partial charge >= 0.3 is 6.03 Å². The van der Waals surface area contributed by atoms with Crippen molar-refractivity contribution in [2.75, 3.05) is 31.5 Å². The van der Waals surface area contributed by atoms with Crippen molar-refractivity contribution >= 4 is 45.2 Å². The summed E-state index contributed by atoms with van der Waals surface area (Å²) < 4.78 is 13.7. The number of halogens is 3. The summed E-state index contributed by atoms with van der Waals surface area (Å²) in [6.07, 6.45) is 0.660. The number of hydrogen-bond donors (Lipinski definition) is 1. The van der Waals surface area contributed by atoms with E-state index in [0.29, 0.717) is 53.3 Å². The fourth-order valence-corrected chi connectivity index (χ4v) is 3.64. The van der Waals surface area contributed by atoms with E-state index < -0.39 is 5.82 Å². The molecule has 5 nitrogen and oxygen atoms in total.